The molecule has 1 atom stereocenters. The number of methoxy groups -OCH3 is 2. The van der Waals surface area contributed by atoms with Crippen molar-refractivity contribution in [2.75, 3.05) is 20.8 Å². The van der Waals surface area contributed by atoms with Crippen molar-refractivity contribution in [2.24, 2.45) is 0 Å². The van der Waals surface area contributed by atoms with E-state index < -0.39 is 0 Å². The second kappa shape index (κ2) is 6.98. The second-order valence-corrected chi connectivity index (χ2v) is 4.35. The Balaban J connectivity index is 2.06. The van der Waals surface area contributed by atoms with Crippen LogP contribution in [-0.4, -0.2) is 25.9 Å². The van der Waals surface area contributed by atoms with Gasteiger partial charge in [-0.2, -0.15) is 0 Å². The first-order valence-electron chi connectivity index (χ1n) is 6.36. The topological polar surface area (TPSA) is 63.9 Å². The predicted molar refractivity (Wildman–Crippen MR) is 74.9 cm³/mol. The van der Waals surface area contributed by atoms with Gasteiger partial charge < -0.3 is 24.3 Å². The fraction of sp³-hybridized carbons (Fsp3) is 0.333. The molecule has 1 heterocycles. The zero-order chi connectivity index (χ0) is 14.4. The van der Waals surface area contributed by atoms with E-state index in [-0.39, 0.29) is 12.6 Å². The lowest BCUT2D eigenvalue weighted by molar-refractivity contribution is 0.225. The number of nitrogens with one attached hydrogen (secondary N) is 1. The van der Waals surface area contributed by atoms with E-state index in [2.05, 4.69) is 5.32 Å². The highest BCUT2D eigenvalue weighted by molar-refractivity contribution is 5.38. The maximum Gasteiger partial charge on any atom is 0.123 e. The summed E-state index contributed by atoms with van der Waals surface area (Å²) in [4.78, 5) is 0. The van der Waals surface area contributed by atoms with Gasteiger partial charge in [0.1, 0.15) is 17.3 Å². The van der Waals surface area contributed by atoms with Gasteiger partial charge in [0.2, 0.25) is 0 Å². The molecule has 5 nitrogen and oxygen atoms in total. The monoisotopic (exact) mass is 277 g/mol. The van der Waals surface area contributed by atoms with E-state index in [0.717, 1.165) is 17.1 Å². The highest BCUT2D eigenvalue weighted by Gasteiger charge is 2.12. The summed E-state index contributed by atoms with van der Waals surface area (Å²) >= 11 is 0. The molecule has 0 bridgehead atoms. The predicted octanol–water partition coefficient (Wildman–Crippen LogP) is 2.12. The van der Waals surface area contributed by atoms with Gasteiger partial charge in [0.05, 0.1) is 33.1 Å². The summed E-state index contributed by atoms with van der Waals surface area (Å²) in [6, 6.07) is 9.06. The van der Waals surface area contributed by atoms with Gasteiger partial charge >= 0.3 is 0 Å². The number of aliphatic hydroxyl groups excluding tert-OH is 1. The molecule has 108 valence electrons. The summed E-state index contributed by atoms with van der Waals surface area (Å²) in [5, 5.41) is 12.6. The summed E-state index contributed by atoms with van der Waals surface area (Å²) in [6.07, 6.45) is 1.59. The molecular formula is C15H19NO4. The molecule has 2 N–H and O–H groups in total. The zero-order valence-corrected chi connectivity index (χ0v) is 11.6. The van der Waals surface area contributed by atoms with Crippen molar-refractivity contribution in [1.82, 2.24) is 5.32 Å². The summed E-state index contributed by atoms with van der Waals surface area (Å²) in [5.41, 5.74) is 1.01. The number of benzene rings is 1. The molecule has 1 aromatic carbocycles. The van der Waals surface area contributed by atoms with Gasteiger partial charge in [0.15, 0.2) is 0 Å². The molecule has 0 saturated heterocycles. The Morgan fingerprint density at radius 1 is 1.20 bits per heavy atom. The van der Waals surface area contributed by atoms with Crippen LogP contribution in [0.15, 0.2) is 41.0 Å². The Hall–Kier alpha value is -1.98. The van der Waals surface area contributed by atoms with Crippen LogP contribution in [0.4, 0.5) is 0 Å². The van der Waals surface area contributed by atoms with Gasteiger partial charge in [-0.15, -0.1) is 0 Å². The Labute approximate surface area is 118 Å². The van der Waals surface area contributed by atoms with E-state index in [1.807, 2.05) is 24.3 Å². The molecule has 0 saturated carbocycles. The van der Waals surface area contributed by atoms with Crippen LogP contribution in [0.5, 0.6) is 11.5 Å². The van der Waals surface area contributed by atoms with Crippen molar-refractivity contribution in [1.29, 1.82) is 0 Å². The van der Waals surface area contributed by atoms with E-state index >= 15 is 0 Å². The van der Waals surface area contributed by atoms with E-state index in [1.54, 1.807) is 26.5 Å². The Kier molecular flexibility index (Phi) is 5.03. The van der Waals surface area contributed by atoms with E-state index in [9.17, 15) is 5.11 Å². The van der Waals surface area contributed by atoms with E-state index in [1.165, 1.54) is 0 Å². The van der Waals surface area contributed by atoms with E-state index in [4.69, 9.17) is 13.9 Å². The van der Waals surface area contributed by atoms with Crippen molar-refractivity contribution < 1.29 is 19.0 Å². The first-order valence-corrected chi connectivity index (χ1v) is 6.36. The Morgan fingerprint density at radius 2 is 1.90 bits per heavy atom. The second-order valence-electron chi connectivity index (χ2n) is 4.35. The van der Waals surface area contributed by atoms with Gasteiger partial charge in [-0.1, -0.05) is 0 Å². The summed E-state index contributed by atoms with van der Waals surface area (Å²) in [6.45, 7) is 0.536. The van der Waals surface area contributed by atoms with Crippen LogP contribution in [0, 0.1) is 0 Å². The minimum atomic E-state index is -0.234. The molecule has 0 spiro atoms. The highest BCUT2D eigenvalue weighted by Crippen LogP contribution is 2.23. The Bertz CT molecular complexity index is 502. The number of aliphatic hydroxyl groups is 1. The zero-order valence-electron chi connectivity index (χ0n) is 11.6. The lowest BCUT2D eigenvalue weighted by atomic mass is 10.1. The van der Waals surface area contributed by atoms with Crippen LogP contribution >= 0.6 is 0 Å². The first-order chi connectivity index (χ1) is 9.76. The molecule has 2 rings (SSSR count). The molecule has 0 amide bonds. The van der Waals surface area contributed by atoms with Crippen molar-refractivity contribution in [3.63, 3.8) is 0 Å². The summed E-state index contributed by atoms with van der Waals surface area (Å²) in [7, 11) is 3.23. The van der Waals surface area contributed by atoms with Crippen LogP contribution in [0.25, 0.3) is 0 Å². The molecule has 0 aliphatic carbocycles. The van der Waals surface area contributed by atoms with Crippen molar-refractivity contribution in [3.05, 3.63) is 47.9 Å². The van der Waals surface area contributed by atoms with Crippen LogP contribution in [0.2, 0.25) is 0 Å². The number of rotatable bonds is 7. The fourth-order valence-electron chi connectivity index (χ4n) is 1.95. The first kappa shape index (κ1) is 14.4. The van der Waals surface area contributed by atoms with Crippen LogP contribution in [-0.2, 0) is 6.54 Å². The van der Waals surface area contributed by atoms with Crippen molar-refractivity contribution in [2.45, 2.75) is 12.6 Å². The minimum Gasteiger partial charge on any atom is -0.497 e. The minimum absolute atomic E-state index is 0.0331. The molecule has 20 heavy (non-hydrogen) atoms. The van der Waals surface area contributed by atoms with Crippen molar-refractivity contribution >= 4 is 0 Å². The summed E-state index contributed by atoms with van der Waals surface area (Å²) < 4.78 is 15.7. The lowest BCUT2D eigenvalue weighted by Gasteiger charge is -2.15. The SMILES string of the molecule is COc1cc(CNC(CO)c2ccco2)cc(OC)c1. The van der Waals surface area contributed by atoms with Crippen molar-refractivity contribution in [3.8, 4) is 11.5 Å². The number of furan rings is 1. The average molecular weight is 277 g/mol. The molecule has 0 radical (unpaired) electrons. The molecule has 2 aromatic rings. The fourth-order valence-corrected chi connectivity index (χ4v) is 1.95. The van der Waals surface area contributed by atoms with Gasteiger partial charge in [-0.05, 0) is 29.8 Å². The summed E-state index contributed by atoms with van der Waals surface area (Å²) in [5.74, 6) is 2.18. The molecular weight excluding hydrogens is 258 g/mol. The van der Waals surface area contributed by atoms with Crippen LogP contribution < -0.4 is 14.8 Å². The lowest BCUT2D eigenvalue weighted by Crippen LogP contribution is -2.23. The largest absolute Gasteiger partial charge is 0.497 e. The molecule has 1 unspecified atom stereocenters. The van der Waals surface area contributed by atoms with E-state index in [0.29, 0.717) is 12.3 Å². The van der Waals surface area contributed by atoms with Gasteiger partial charge in [0, 0.05) is 12.6 Å². The molecule has 5 heteroatoms. The quantitative estimate of drug-likeness (QED) is 0.811. The normalized spacial score (nSPS) is 12.2. The number of hydrogen-bond donors (Lipinski definition) is 2. The van der Waals surface area contributed by atoms with Gasteiger partial charge in [0.25, 0.3) is 0 Å². The molecule has 0 aliphatic rings. The number of hydrogen-bond acceptors (Lipinski definition) is 5. The van der Waals surface area contributed by atoms with Crippen LogP contribution in [0.1, 0.15) is 17.4 Å². The molecule has 0 aliphatic heterocycles. The molecule has 1 aromatic heterocycles. The van der Waals surface area contributed by atoms with Gasteiger partial charge in [-0.25, -0.2) is 0 Å². The number of ether oxygens (including phenoxy) is 2. The Morgan fingerprint density at radius 3 is 2.40 bits per heavy atom. The third-order valence-electron chi connectivity index (χ3n) is 3.03. The maximum absolute atomic E-state index is 9.41. The highest BCUT2D eigenvalue weighted by atomic mass is 16.5. The average Bonchev–Trinajstić information content (AvgIpc) is 3.01. The molecule has 0 fully saturated rings. The third kappa shape index (κ3) is 3.53. The van der Waals surface area contributed by atoms with Gasteiger partial charge in [-0.3, -0.25) is 0 Å². The third-order valence-corrected chi connectivity index (χ3v) is 3.03. The van der Waals surface area contributed by atoms with Crippen LogP contribution in [0.3, 0.4) is 0 Å². The smallest absolute Gasteiger partial charge is 0.123 e. The maximum atomic E-state index is 9.41. The standard InChI is InChI=1S/C15H19NO4/c1-18-12-6-11(7-13(8-12)19-2)9-16-14(10-17)15-4-3-5-20-15/h3-8,14,16-17H,9-10H2,1-2H3.